The van der Waals surface area contributed by atoms with Gasteiger partial charge in [-0.1, -0.05) is 37.5 Å². The Kier molecular flexibility index (Phi) is 6.38. The van der Waals surface area contributed by atoms with Gasteiger partial charge in [0.1, 0.15) is 11.9 Å². The molecule has 3 aliphatic heterocycles. The Hall–Kier alpha value is -3.89. The van der Waals surface area contributed by atoms with Gasteiger partial charge in [-0.25, -0.2) is 24.2 Å². The Morgan fingerprint density at radius 2 is 1.70 bits per heavy atom. The number of esters is 3. The molecule has 3 atom stereocenters. The predicted molar refractivity (Wildman–Crippen MR) is 132 cm³/mol. The van der Waals surface area contributed by atoms with Crippen LogP contribution < -0.4 is 10.6 Å². The second-order valence-electron chi connectivity index (χ2n) is 9.67. The molecule has 3 heterocycles. The number of rotatable bonds is 4. The number of carbonyl (C=O) groups is 4. The van der Waals surface area contributed by atoms with Crippen molar-refractivity contribution in [2.45, 2.75) is 62.1 Å². The number of likely N-dealkylation sites (tertiary alicyclic amines) is 1. The van der Waals surface area contributed by atoms with Crippen LogP contribution in [0.5, 0.6) is 0 Å². The van der Waals surface area contributed by atoms with Crippen LogP contribution in [0.4, 0.5) is 10.5 Å². The molecule has 37 heavy (non-hydrogen) atoms. The minimum atomic E-state index is -1.11. The van der Waals surface area contributed by atoms with E-state index in [0.29, 0.717) is 5.69 Å². The van der Waals surface area contributed by atoms with Crippen LogP contribution in [0.15, 0.2) is 40.5 Å². The number of hydrogen-bond donors (Lipinski definition) is 2. The molecule has 0 aromatic heterocycles. The fourth-order valence-corrected chi connectivity index (χ4v) is 6.17. The summed E-state index contributed by atoms with van der Waals surface area (Å²) in [5.74, 6) is -2.04. The zero-order chi connectivity index (χ0) is 26.3. The van der Waals surface area contributed by atoms with Crippen LogP contribution in [0.2, 0.25) is 0 Å². The Morgan fingerprint density at radius 1 is 1.00 bits per heavy atom. The number of nitrogens with zero attached hydrogens (tertiary/aromatic N) is 2. The van der Waals surface area contributed by atoms with Crippen LogP contribution in [-0.2, 0) is 34.0 Å². The first-order chi connectivity index (χ1) is 17.9. The van der Waals surface area contributed by atoms with Gasteiger partial charge in [0.15, 0.2) is 5.70 Å². The average molecular weight is 511 g/mol. The molecule has 196 valence electrons. The van der Waals surface area contributed by atoms with Crippen LogP contribution >= 0.6 is 0 Å². The normalized spacial score (nSPS) is 26.2. The lowest BCUT2D eigenvalue weighted by Gasteiger charge is -2.37. The molecule has 1 saturated heterocycles. The highest BCUT2D eigenvalue weighted by atomic mass is 16.5. The third-order valence-corrected chi connectivity index (χ3v) is 7.82. The van der Waals surface area contributed by atoms with Gasteiger partial charge < -0.3 is 24.8 Å². The second kappa shape index (κ2) is 9.53. The van der Waals surface area contributed by atoms with Gasteiger partial charge in [-0.05, 0) is 30.9 Å². The summed E-state index contributed by atoms with van der Waals surface area (Å²) >= 11 is 0. The van der Waals surface area contributed by atoms with Crippen molar-refractivity contribution in [2.75, 3.05) is 26.6 Å². The van der Waals surface area contributed by atoms with E-state index in [4.69, 9.17) is 14.2 Å². The van der Waals surface area contributed by atoms with Crippen LogP contribution in [0.3, 0.4) is 0 Å². The molecule has 0 bridgehead atoms. The molecule has 2 unspecified atom stereocenters. The third-order valence-electron chi connectivity index (χ3n) is 7.82. The lowest BCUT2D eigenvalue weighted by molar-refractivity contribution is -0.144. The smallest absolute Gasteiger partial charge is 0.357 e. The highest BCUT2D eigenvalue weighted by Crippen LogP contribution is 2.55. The van der Waals surface area contributed by atoms with E-state index in [-0.39, 0.29) is 29.6 Å². The van der Waals surface area contributed by atoms with Gasteiger partial charge >= 0.3 is 23.9 Å². The minimum Gasteiger partial charge on any atom is -0.467 e. The third kappa shape index (κ3) is 3.75. The van der Waals surface area contributed by atoms with Gasteiger partial charge in [0, 0.05) is 11.7 Å². The number of ether oxygens (including phenoxy) is 3. The lowest BCUT2D eigenvalue weighted by atomic mass is 9.69. The molecule has 5 rings (SSSR count). The number of anilines is 1. The summed E-state index contributed by atoms with van der Waals surface area (Å²) in [6, 6.07) is 4.98. The summed E-state index contributed by atoms with van der Waals surface area (Å²) in [6.45, 7) is 0. The number of amides is 2. The van der Waals surface area contributed by atoms with Crippen LogP contribution in [0.1, 0.15) is 44.1 Å². The van der Waals surface area contributed by atoms with Crippen molar-refractivity contribution in [1.29, 1.82) is 0 Å². The maximum absolute atomic E-state index is 13.8. The van der Waals surface area contributed by atoms with E-state index in [1.54, 1.807) is 0 Å². The summed E-state index contributed by atoms with van der Waals surface area (Å²) in [4.78, 5) is 58.7. The van der Waals surface area contributed by atoms with E-state index in [1.165, 1.54) is 26.2 Å². The topological polar surface area (TPSA) is 136 Å². The molecule has 1 saturated carbocycles. The molecule has 2 amide bonds. The fourth-order valence-electron chi connectivity index (χ4n) is 6.17. The summed E-state index contributed by atoms with van der Waals surface area (Å²) in [6.07, 6.45) is 4.91. The SMILES string of the molecule is COC(=O)C1=C(C(=O)OC)C2Nc3ccccc3[C@@]23CC(C(=O)OC)N(C(=O)NC2CCCCC2)C3=N1. The molecule has 1 aromatic carbocycles. The number of carbonyl (C=O) groups excluding carboxylic acids is 4. The molecule has 1 aliphatic carbocycles. The number of methoxy groups -OCH3 is 3. The Labute approximate surface area is 214 Å². The molecule has 0 radical (unpaired) electrons. The van der Waals surface area contributed by atoms with Crippen molar-refractivity contribution in [3.8, 4) is 0 Å². The molecule has 4 aliphatic rings. The molecule has 11 heteroatoms. The standard InChI is InChI=1S/C26H30N4O7/c1-35-21(31)17-13-26-15-11-7-8-12-16(15)28-20(26)18(22(32)36-2)19(23(33)37-3)29-24(26)30(17)25(34)27-14-9-5-4-6-10-14/h7-8,11-12,14,17,20,28H,4-6,9-10,13H2,1-3H3,(H,27,34)/t17?,20?,26-/m0/s1. The predicted octanol–water partition coefficient (Wildman–Crippen LogP) is 2.02. The van der Waals surface area contributed by atoms with E-state index in [0.717, 1.165) is 37.7 Å². The van der Waals surface area contributed by atoms with Gasteiger partial charge in [-0.2, -0.15) is 0 Å². The molecule has 2 N–H and O–H groups in total. The molecule has 11 nitrogen and oxygen atoms in total. The molecule has 2 fully saturated rings. The van der Waals surface area contributed by atoms with Crippen molar-refractivity contribution >= 4 is 35.5 Å². The molecular weight excluding hydrogens is 480 g/mol. The highest BCUT2D eigenvalue weighted by Gasteiger charge is 2.66. The maximum Gasteiger partial charge on any atom is 0.357 e. The van der Waals surface area contributed by atoms with E-state index in [1.807, 2.05) is 24.3 Å². The zero-order valence-electron chi connectivity index (χ0n) is 21.0. The minimum absolute atomic E-state index is 0.0209. The first-order valence-corrected chi connectivity index (χ1v) is 12.4. The first kappa shape index (κ1) is 24.8. The van der Waals surface area contributed by atoms with Gasteiger partial charge in [0.25, 0.3) is 0 Å². The van der Waals surface area contributed by atoms with Crippen LogP contribution in [0, 0.1) is 0 Å². The van der Waals surface area contributed by atoms with E-state index >= 15 is 0 Å². The maximum atomic E-state index is 13.8. The quantitative estimate of drug-likeness (QED) is 0.464. The number of urea groups is 1. The van der Waals surface area contributed by atoms with Crippen molar-refractivity contribution < 1.29 is 33.4 Å². The monoisotopic (exact) mass is 510 g/mol. The number of fused-ring (bicyclic) bond motifs is 1. The van der Waals surface area contributed by atoms with Crippen molar-refractivity contribution in [3.05, 3.63) is 41.1 Å². The fraction of sp³-hybridized carbons (Fsp3) is 0.500. The Balaban J connectivity index is 1.71. The molecule has 1 spiro atoms. The summed E-state index contributed by atoms with van der Waals surface area (Å²) < 4.78 is 15.1. The van der Waals surface area contributed by atoms with Gasteiger partial charge in [0.2, 0.25) is 0 Å². The largest absolute Gasteiger partial charge is 0.467 e. The van der Waals surface area contributed by atoms with Crippen molar-refractivity contribution in [2.24, 2.45) is 4.99 Å². The van der Waals surface area contributed by atoms with E-state index in [2.05, 4.69) is 15.6 Å². The molecular formula is C26H30N4O7. The van der Waals surface area contributed by atoms with Gasteiger partial charge in [-0.15, -0.1) is 0 Å². The Morgan fingerprint density at radius 3 is 2.38 bits per heavy atom. The number of hydrogen-bond acceptors (Lipinski definition) is 9. The zero-order valence-corrected chi connectivity index (χ0v) is 21.0. The number of benzene rings is 1. The van der Waals surface area contributed by atoms with Crippen molar-refractivity contribution in [3.63, 3.8) is 0 Å². The van der Waals surface area contributed by atoms with Crippen LogP contribution in [-0.4, -0.2) is 74.1 Å². The first-order valence-electron chi connectivity index (χ1n) is 12.4. The lowest BCUT2D eigenvalue weighted by Crippen LogP contribution is -2.56. The number of aliphatic imine (C=N–C) groups is 1. The summed E-state index contributed by atoms with van der Waals surface area (Å²) in [5, 5.41) is 6.39. The molecule has 1 aromatic rings. The number of nitrogens with one attached hydrogen (secondary N) is 2. The van der Waals surface area contributed by atoms with E-state index in [9.17, 15) is 19.2 Å². The summed E-state index contributed by atoms with van der Waals surface area (Å²) in [7, 11) is 3.66. The highest BCUT2D eigenvalue weighted by molar-refractivity contribution is 6.17. The average Bonchev–Trinajstić information content (AvgIpc) is 3.45. The van der Waals surface area contributed by atoms with Crippen molar-refractivity contribution in [1.82, 2.24) is 10.2 Å². The number of amidine groups is 1. The van der Waals surface area contributed by atoms with Gasteiger partial charge in [0.05, 0.1) is 38.4 Å². The Bertz CT molecular complexity index is 1220. The van der Waals surface area contributed by atoms with Gasteiger partial charge in [-0.3, -0.25) is 4.90 Å². The second-order valence-corrected chi connectivity index (χ2v) is 9.67. The number of para-hydroxylation sites is 1. The van der Waals surface area contributed by atoms with E-state index < -0.39 is 41.4 Å². The van der Waals surface area contributed by atoms with Crippen LogP contribution in [0.25, 0.3) is 0 Å². The summed E-state index contributed by atoms with van der Waals surface area (Å²) in [5.41, 5.74) is 0.0518.